The quantitative estimate of drug-likeness (QED) is 0.612. The summed E-state index contributed by atoms with van der Waals surface area (Å²) in [5.74, 6) is 7.86. The number of nitrogens with zero attached hydrogens (tertiary/aromatic N) is 1. The van der Waals surface area contributed by atoms with Crippen molar-refractivity contribution >= 4 is 11.8 Å². The number of rotatable bonds is 7. The minimum atomic E-state index is -0.0799. The van der Waals surface area contributed by atoms with E-state index in [-0.39, 0.29) is 6.61 Å². The Labute approximate surface area is 121 Å². The molecule has 0 heterocycles. The fourth-order valence-electron chi connectivity index (χ4n) is 1.82. The number of aliphatic hydroxyl groups excluding tert-OH is 1. The fraction of sp³-hybridized carbons (Fsp3) is 0.500. The van der Waals surface area contributed by atoms with E-state index in [1.807, 2.05) is 30.0 Å². The second-order valence-corrected chi connectivity index (χ2v) is 5.30. The van der Waals surface area contributed by atoms with Crippen LogP contribution in [-0.4, -0.2) is 42.0 Å². The Bertz CT molecular complexity index is 418. The molecule has 19 heavy (non-hydrogen) atoms. The number of thioether (sulfide) groups is 1. The van der Waals surface area contributed by atoms with E-state index in [9.17, 15) is 0 Å². The molecule has 0 atom stereocenters. The zero-order valence-electron chi connectivity index (χ0n) is 11.9. The van der Waals surface area contributed by atoms with Crippen LogP contribution in [0.5, 0.6) is 0 Å². The predicted octanol–water partition coefficient (Wildman–Crippen LogP) is 2.61. The van der Waals surface area contributed by atoms with E-state index in [4.69, 9.17) is 5.11 Å². The van der Waals surface area contributed by atoms with Crippen molar-refractivity contribution in [3.05, 3.63) is 35.4 Å². The molecule has 0 saturated carbocycles. The monoisotopic (exact) mass is 277 g/mol. The van der Waals surface area contributed by atoms with Gasteiger partial charge in [-0.25, -0.2) is 0 Å². The standard InChI is InChI=1S/C16H23NOS/c1-3-17(4-2)11-13-19-14-16-9-6-5-8-15(16)10-7-12-18/h5-6,8-9,18H,3-4,11-14H2,1-2H3. The Kier molecular flexibility index (Phi) is 8.40. The van der Waals surface area contributed by atoms with Crippen LogP contribution in [-0.2, 0) is 5.75 Å². The van der Waals surface area contributed by atoms with Gasteiger partial charge in [0.2, 0.25) is 0 Å². The summed E-state index contributed by atoms with van der Waals surface area (Å²) in [4.78, 5) is 2.43. The molecule has 1 N–H and O–H groups in total. The maximum absolute atomic E-state index is 8.76. The molecule has 1 rings (SSSR count). The molecular weight excluding hydrogens is 254 g/mol. The second kappa shape index (κ2) is 9.91. The van der Waals surface area contributed by atoms with Crippen molar-refractivity contribution in [3.8, 4) is 11.8 Å². The van der Waals surface area contributed by atoms with Crippen LogP contribution >= 0.6 is 11.8 Å². The molecule has 3 heteroatoms. The van der Waals surface area contributed by atoms with Crippen molar-refractivity contribution in [1.29, 1.82) is 0 Å². The molecule has 0 unspecified atom stereocenters. The third-order valence-corrected chi connectivity index (χ3v) is 4.01. The van der Waals surface area contributed by atoms with Gasteiger partial charge in [0, 0.05) is 23.6 Å². The molecule has 0 fully saturated rings. The number of benzene rings is 1. The maximum Gasteiger partial charge on any atom is 0.104 e. The smallest absolute Gasteiger partial charge is 0.104 e. The zero-order chi connectivity index (χ0) is 13.9. The summed E-state index contributed by atoms with van der Waals surface area (Å²) in [5, 5.41) is 8.76. The minimum Gasteiger partial charge on any atom is -0.384 e. The third kappa shape index (κ3) is 6.15. The minimum absolute atomic E-state index is 0.0799. The lowest BCUT2D eigenvalue weighted by molar-refractivity contribution is 0.324. The van der Waals surface area contributed by atoms with E-state index in [1.54, 1.807) is 0 Å². The Hall–Kier alpha value is -0.950. The number of hydrogen-bond donors (Lipinski definition) is 1. The molecule has 0 aliphatic rings. The lowest BCUT2D eigenvalue weighted by Crippen LogP contribution is -2.25. The third-order valence-electron chi connectivity index (χ3n) is 3.02. The van der Waals surface area contributed by atoms with Gasteiger partial charge in [0.25, 0.3) is 0 Å². The summed E-state index contributed by atoms with van der Waals surface area (Å²) in [5.41, 5.74) is 2.29. The van der Waals surface area contributed by atoms with Gasteiger partial charge < -0.3 is 10.0 Å². The van der Waals surface area contributed by atoms with Gasteiger partial charge in [-0.3, -0.25) is 0 Å². The Morgan fingerprint density at radius 2 is 1.95 bits per heavy atom. The first-order chi connectivity index (χ1) is 9.31. The Balaban J connectivity index is 2.45. The lowest BCUT2D eigenvalue weighted by atomic mass is 10.1. The van der Waals surface area contributed by atoms with Gasteiger partial charge in [0.1, 0.15) is 6.61 Å². The first-order valence-corrected chi connectivity index (χ1v) is 7.95. The molecule has 1 aromatic carbocycles. The number of aliphatic hydroxyl groups is 1. The molecule has 0 aliphatic carbocycles. The molecule has 0 aliphatic heterocycles. The zero-order valence-corrected chi connectivity index (χ0v) is 12.7. The van der Waals surface area contributed by atoms with E-state index < -0.39 is 0 Å². The highest BCUT2D eigenvalue weighted by Crippen LogP contribution is 2.16. The highest BCUT2D eigenvalue weighted by atomic mass is 32.2. The van der Waals surface area contributed by atoms with E-state index in [0.717, 1.165) is 36.7 Å². The van der Waals surface area contributed by atoms with Gasteiger partial charge >= 0.3 is 0 Å². The van der Waals surface area contributed by atoms with E-state index in [0.29, 0.717) is 0 Å². The fourth-order valence-corrected chi connectivity index (χ4v) is 2.82. The van der Waals surface area contributed by atoms with Gasteiger partial charge in [-0.2, -0.15) is 11.8 Å². The van der Waals surface area contributed by atoms with Crippen LogP contribution in [0, 0.1) is 11.8 Å². The van der Waals surface area contributed by atoms with Crippen LogP contribution in [0.1, 0.15) is 25.0 Å². The summed E-state index contributed by atoms with van der Waals surface area (Å²) >= 11 is 1.94. The van der Waals surface area contributed by atoms with Crippen LogP contribution in [0.15, 0.2) is 24.3 Å². The first-order valence-electron chi connectivity index (χ1n) is 6.79. The van der Waals surface area contributed by atoms with Gasteiger partial charge in [-0.1, -0.05) is 43.9 Å². The first kappa shape index (κ1) is 16.1. The molecule has 2 nitrogen and oxygen atoms in total. The molecule has 0 aromatic heterocycles. The summed E-state index contributed by atoms with van der Waals surface area (Å²) in [6, 6.07) is 8.17. The SMILES string of the molecule is CCN(CC)CCSCc1ccccc1C#CCO. The van der Waals surface area contributed by atoms with Crippen LogP contribution in [0.3, 0.4) is 0 Å². The Morgan fingerprint density at radius 3 is 2.63 bits per heavy atom. The van der Waals surface area contributed by atoms with E-state index in [2.05, 4.69) is 36.7 Å². The highest BCUT2D eigenvalue weighted by molar-refractivity contribution is 7.98. The van der Waals surface area contributed by atoms with Gasteiger partial charge in [0.15, 0.2) is 0 Å². The predicted molar refractivity (Wildman–Crippen MR) is 84.4 cm³/mol. The van der Waals surface area contributed by atoms with Gasteiger partial charge in [0.05, 0.1) is 0 Å². The van der Waals surface area contributed by atoms with E-state index >= 15 is 0 Å². The average molecular weight is 277 g/mol. The van der Waals surface area contributed by atoms with Crippen LogP contribution in [0.4, 0.5) is 0 Å². The normalized spacial score (nSPS) is 10.3. The van der Waals surface area contributed by atoms with Crippen molar-refractivity contribution in [3.63, 3.8) is 0 Å². The van der Waals surface area contributed by atoms with Crippen molar-refractivity contribution in [2.45, 2.75) is 19.6 Å². The van der Waals surface area contributed by atoms with Crippen molar-refractivity contribution in [2.75, 3.05) is 32.0 Å². The molecule has 0 bridgehead atoms. The average Bonchev–Trinajstić information content (AvgIpc) is 2.46. The second-order valence-electron chi connectivity index (χ2n) is 4.20. The van der Waals surface area contributed by atoms with Crippen molar-refractivity contribution in [2.24, 2.45) is 0 Å². The molecule has 0 amide bonds. The lowest BCUT2D eigenvalue weighted by Gasteiger charge is -2.17. The largest absolute Gasteiger partial charge is 0.384 e. The van der Waals surface area contributed by atoms with Crippen LogP contribution in [0.2, 0.25) is 0 Å². The van der Waals surface area contributed by atoms with Crippen molar-refractivity contribution in [1.82, 2.24) is 4.90 Å². The molecule has 0 spiro atoms. The van der Waals surface area contributed by atoms with Crippen molar-refractivity contribution < 1.29 is 5.11 Å². The summed E-state index contributed by atoms with van der Waals surface area (Å²) in [6.45, 7) is 7.71. The Morgan fingerprint density at radius 1 is 1.21 bits per heavy atom. The maximum atomic E-state index is 8.76. The summed E-state index contributed by atoms with van der Waals surface area (Å²) in [6.07, 6.45) is 0. The number of hydrogen-bond acceptors (Lipinski definition) is 3. The molecule has 0 radical (unpaired) electrons. The molecule has 104 valence electrons. The summed E-state index contributed by atoms with van der Waals surface area (Å²) < 4.78 is 0. The molecular formula is C16H23NOS. The topological polar surface area (TPSA) is 23.5 Å². The summed E-state index contributed by atoms with van der Waals surface area (Å²) in [7, 11) is 0. The molecule has 1 aromatic rings. The molecule has 0 saturated heterocycles. The van der Waals surface area contributed by atoms with Gasteiger partial charge in [-0.15, -0.1) is 0 Å². The van der Waals surface area contributed by atoms with Crippen LogP contribution in [0.25, 0.3) is 0 Å². The van der Waals surface area contributed by atoms with Gasteiger partial charge in [-0.05, 0) is 24.7 Å². The highest BCUT2D eigenvalue weighted by Gasteiger charge is 2.01. The van der Waals surface area contributed by atoms with Crippen LogP contribution < -0.4 is 0 Å². The van der Waals surface area contributed by atoms with E-state index in [1.165, 1.54) is 5.56 Å².